The van der Waals surface area contributed by atoms with Gasteiger partial charge in [0, 0.05) is 24.7 Å². The second-order valence-electron chi connectivity index (χ2n) is 5.93. The molecular weight excluding hydrogens is 244 g/mol. The summed E-state index contributed by atoms with van der Waals surface area (Å²) in [5.41, 5.74) is 12.3. The van der Waals surface area contributed by atoms with Crippen LogP contribution in [-0.2, 0) is 6.42 Å². The number of hydrogen-bond acceptors (Lipinski definition) is 2. The highest BCUT2D eigenvalue weighted by molar-refractivity contribution is 5.46. The van der Waals surface area contributed by atoms with E-state index in [2.05, 4.69) is 49.2 Å². The zero-order valence-electron chi connectivity index (χ0n) is 12.3. The third kappa shape index (κ3) is 2.56. The van der Waals surface area contributed by atoms with Gasteiger partial charge in [-0.1, -0.05) is 35.9 Å². The smallest absolute Gasteiger partial charge is 0.0314 e. The highest BCUT2D eigenvalue weighted by atomic mass is 15.1. The third-order valence-electron chi connectivity index (χ3n) is 4.27. The maximum absolute atomic E-state index is 5.82. The van der Waals surface area contributed by atoms with E-state index in [0.29, 0.717) is 5.92 Å². The number of benzene rings is 2. The highest BCUT2D eigenvalue weighted by Crippen LogP contribution is 2.32. The lowest BCUT2D eigenvalue weighted by Crippen LogP contribution is -2.24. The van der Waals surface area contributed by atoms with Gasteiger partial charge in [0.15, 0.2) is 0 Å². The second kappa shape index (κ2) is 5.29. The molecule has 1 atom stereocenters. The molecule has 2 heteroatoms. The van der Waals surface area contributed by atoms with Crippen LogP contribution >= 0.6 is 0 Å². The number of nitrogen functional groups attached to an aromatic ring is 1. The molecule has 0 bridgehead atoms. The number of nitrogens with zero attached hydrogens (tertiary/aromatic N) is 1. The minimum Gasteiger partial charge on any atom is -0.399 e. The minimum atomic E-state index is 0.443. The Balaban J connectivity index is 2.08. The highest BCUT2D eigenvalue weighted by Gasteiger charge is 2.22. The number of likely N-dealkylation sites (N-methyl/N-ethyl adjacent to an activating group) is 1. The van der Waals surface area contributed by atoms with Gasteiger partial charge in [-0.3, -0.25) is 0 Å². The molecule has 1 unspecified atom stereocenters. The van der Waals surface area contributed by atoms with Crippen molar-refractivity contribution in [3.63, 3.8) is 0 Å². The van der Waals surface area contributed by atoms with Crippen LogP contribution in [0.25, 0.3) is 0 Å². The predicted molar refractivity (Wildman–Crippen MR) is 85.1 cm³/mol. The van der Waals surface area contributed by atoms with E-state index in [9.17, 15) is 0 Å². The summed E-state index contributed by atoms with van der Waals surface area (Å²) in [5, 5.41) is 0. The Hall–Kier alpha value is -1.80. The average molecular weight is 266 g/mol. The van der Waals surface area contributed by atoms with E-state index in [4.69, 9.17) is 5.73 Å². The maximum Gasteiger partial charge on any atom is 0.0314 e. The Bertz CT molecular complexity index is 601. The lowest BCUT2D eigenvalue weighted by atomic mass is 9.87. The van der Waals surface area contributed by atoms with Gasteiger partial charge in [0.2, 0.25) is 0 Å². The van der Waals surface area contributed by atoms with Crippen molar-refractivity contribution < 1.29 is 0 Å². The van der Waals surface area contributed by atoms with Gasteiger partial charge in [-0.2, -0.15) is 0 Å². The lowest BCUT2D eigenvalue weighted by molar-refractivity contribution is 0.338. The summed E-state index contributed by atoms with van der Waals surface area (Å²) in [6.45, 7) is 4.37. The van der Waals surface area contributed by atoms with Crippen LogP contribution in [0.3, 0.4) is 0 Å². The van der Waals surface area contributed by atoms with Crippen molar-refractivity contribution in [2.45, 2.75) is 19.3 Å². The number of fused-ring (bicyclic) bond motifs is 1. The van der Waals surface area contributed by atoms with Crippen molar-refractivity contribution in [2.24, 2.45) is 0 Å². The molecule has 0 saturated carbocycles. The number of anilines is 1. The molecule has 2 aromatic carbocycles. The number of hydrogen-bond donors (Lipinski definition) is 1. The maximum atomic E-state index is 5.82. The van der Waals surface area contributed by atoms with Crippen molar-refractivity contribution in [1.29, 1.82) is 0 Å². The van der Waals surface area contributed by atoms with E-state index in [-0.39, 0.29) is 0 Å². The molecule has 0 saturated heterocycles. The first-order valence-electron chi connectivity index (χ1n) is 7.27. The molecule has 2 N–H and O–H groups in total. The van der Waals surface area contributed by atoms with Crippen LogP contribution in [-0.4, -0.2) is 25.0 Å². The molecule has 0 aliphatic carbocycles. The van der Waals surface area contributed by atoms with Crippen molar-refractivity contribution in [3.8, 4) is 0 Å². The molecule has 2 aromatic rings. The molecule has 1 aliphatic rings. The van der Waals surface area contributed by atoms with E-state index < -0.39 is 0 Å². The molecule has 0 amide bonds. The predicted octanol–water partition coefficient (Wildman–Crippen LogP) is 3.20. The van der Waals surface area contributed by atoms with Crippen molar-refractivity contribution >= 4 is 5.69 Å². The summed E-state index contributed by atoms with van der Waals surface area (Å²) in [6, 6.07) is 15.2. The lowest BCUT2D eigenvalue weighted by Gasteiger charge is -2.22. The number of aryl methyl sites for hydroxylation is 1. The van der Waals surface area contributed by atoms with E-state index in [1.165, 1.54) is 22.3 Å². The van der Waals surface area contributed by atoms with Crippen molar-refractivity contribution in [1.82, 2.24) is 4.90 Å². The molecule has 20 heavy (non-hydrogen) atoms. The SMILES string of the molecule is Cc1ccc2c(c1)C(c1ccc(N)cc1)CN(C)CC2. The van der Waals surface area contributed by atoms with Gasteiger partial charge in [-0.05, 0) is 49.2 Å². The first kappa shape index (κ1) is 13.2. The molecule has 3 rings (SSSR count). The van der Waals surface area contributed by atoms with E-state index in [1.807, 2.05) is 12.1 Å². The van der Waals surface area contributed by atoms with E-state index in [0.717, 1.165) is 25.2 Å². The summed E-state index contributed by atoms with van der Waals surface area (Å²) in [6.07, 6.45) is 1.14. The monoisotopic (exact) mass is 266 g/mol. The van der Waals surface area contributed by atoms with Gasteiger partial charge >= 0.3 is 0 Å². The first-order valence-corrected chi connectivity index (χ1v) is 7.27. The molecule has 0 fully saturated rings. The number of nitrogens with two attached hydrogens (primary N) is 1. The quantitative estimate of drug-likeness (QED) is 0.803. The zero-order chi connectivity index (χ0) is 14.1. The van der Waals surface area contributed by atoms with Crippen LogP contribution < -0.4 is 5.73 Å². The minimum absolute atomic E-state index is 0.443. The standard InChI is InChI=1S/C18H22N2/c1-13-3-4-15-9-10-20(2)12-18(17(15)11-13)14-5-7-16(19)8-6-14/h3-8,11,18H,9-10,12,19H2,1-2H3. The molecule has 1 heterocycles. The molecule has 104 valence electrons. The number of rotatable bonds is 1. The molecule has 0 aromatic heterocycles. The topological polar surface area (TPSA) is 29.3 Å². The second-order valence-corrected chi connectivity index (χ2v) is 5.93. The van der Waals surface area contributed by atoms with Gasteiger partial charge in [0.25, 0.3) is 0 Å². The normalized spacial score (nSPS) is 19.4. The van der Waals surface area contributed by atoms with E-state index >= 15 is 0 Å². The zero-order valence-corrected chi connectivity index (χ0v) is 12.3. The Kier molecular flexibility index (Phi) is 3.49. The summed E-state index contributed by atoms with van der Waals surface area (Å²) in [5.74, 6) is 0.443. The Morgan fingerprint density at radius 2 is 1.85 bits per heavy atom. The van der Waals surface area contributed by atoms with E-state index in [1.54, 1.807) is 0 Å². The van der Waals surface area contributed by atoms with Gasteiger partial charge < -0.3 is 10.6 Å². The van der Waals surface area contributed by atoms with Crippen LogP contribution in [0, 0.1) is 6.92 Å². The van der Waals surface area contributed by atoms with Gasteiger partial charge in [0.05, 0.1) is 0 Å². The van der Waals surface area contributed by atoms with Crippen LogP contribution in [0.15, 0.2) is 42.5 Å². The summed E-state index contributed by atoms with van der Waals surface area (Å²) in [7, 11) is 2.21. The largest absolute Gasteiger partial charge is 0.399 e. The van der Waals surface area contributed by atoms with Gasteiger partial charge in [-0.25, -0.2) is 0 Å². The molecule has 0 radical (unpaired) electrons. The van der Waals surface area contributed by atoms with Gasteiger partial charge in [-0.15, -0.1) is 0 Å². The fraction of sp³-hybridized carbons (Fsp3) is 0.333. The van der Waals surface area contributed by atoms with Crippen LogP contribution in [0.2, 0.25) is 0 Å². The van der Waals surface area contributed by atoms with Crippen LogP contribution in [0.5, 0.6) is 0 Å². The molecule has 1 aliphatic heterocycles. The van der Waals surface area contributed by atoms with Crippen molar-refractivity contribution in [2.75, 3.05) is 25.9 Å². The Labute approximate surface area is 121 Å². The summed E-state index contributed by atoms with van der Waals surface area (Å²) >= 11 is 0. The molecule has 0 spiro atoms. The van der Waals surface area contributed by atoms with Gasteiger partial charge in [0.1, 0.15) is 0 Å². The molecule has 2 nitrogen and oxygen atoms in total. The summed E-state index contributed by atoms with van der Waals surface area (Å²) in [4.78, 5) is 2.43. The molecular formula is C18H22N2. The Morgan fingerprint density at radius 3 is 2.60 bits per heavy atom. The van der Waals surface area contributed by atoms with Crippen LogP contribution in [0.4, 0.5) is 5.69 Å². The summed E-state index contributed by atoms with van der Waals surface area (Å²) < 4.78 is 0. The van der Waals surface area contributed by atoms with Crippen molar-refractivity contribution in [3.05, 3.63) is 64.7 Å². The average Bonchev–Trinajstić information content (AvgIpc) is 2.59. The fourth-order valence-electron chi connectivity index (χ4n) is 3.09. The third-order valence-corrected chi connectivity index (χ3v) is 4.27. The first-order chi connectivity index (χ1) is 9.63. The Morgan fingerprint density at radius 1 is 1.10 bits per heavy atom. The van der Waals surface area contributed by atoms with Crippen LogP contribution in [0.1, 0.15) is 28.2 Å². The fourth-order valence-corrected chi connectivity index (χ4v) is 3.09.